The number of carbonyl (C=O) groups excluding carboxylic acids is 2. The summed E-state index contributed by atoms with van der Waals surface area (Å²) in [4.78, 5) is 40.4. The van der Waals surface area contributed by atoms with Crippen LogP contribution in [0.25, 0.3) is 21.6 Å². The first-order valence-electron chi connectivity index (χ1n) is 12.1. The van der Waals surface area contributed by atoms with Gasteiger partial charge in [0, 0.05) is 24.5 Å². The van der Waals surface area contributed by atoms with E-state index in [9.17, 15) is 15.1 Å². The number of rotatable bonds is 10. The SMILES string of the molecule is COC([C@@H]1OC[C@](COC(C)=O)(O[Si](C)(C)C)[C@H]1N=[N+]=[N-])n1cnc2c(NC(=O)c3ccccc3)ncnc21. The van der Waals surface area contributed by atoms with Gasteiger partial charge in [-0.15, -0.1) is 0 Å². The molecule has 3 aromatic rings. The van der Waals surface area contributed by atoms with E-state index in [0.29, 0.717) is 16.7 Å². The van der Waals surface area contributed by atoms with E-state index in [1.165, 1.54) is 26.7 Å². The minimum atomic E-state index is -2.25. The molecule has 1 aliphatic heterocycles. The highest BCUT2D eigenvalue weighted by Gasteiger charge is 2.56. The predicted molar refractivity (Wildman–Crippen MR) is 142 cm³/mol. The molecule has 0 aliphatic carbocycles. The molecule has 206 valence electrons. The monoisotopic (exact) mass is 554 g/mol. The van der Waals surface area contributed by atoms with Crippen LogP contribution >= 0.6 is 0 Å². The highest BCUT2D eigenvalue weighted by Crippen LogP contribution is 2.40. The molecule has 1 unspecified atom stereocenters. The molecule has 1 amide bonds. The van der Waals surface area contributed by atoms with Crippen LogP contribution < -0.4 is 5.32 Å². The van der Waals surface area contributed by atoms with Crippen molar-refractivity contribution in [3.8, 4) is 0 Å². The highest BCUT2D eigenvalue weighted by atomic mass is 28.4. The van der Waals surface area contributed by atoms with Crippen LogP contribution in [0.2, 0.25) is 19.6 Å². The molecule has 1 fully saturated rings. The van der Waals surface area contributed by atoms with Crippen LogP contribution in [0.1, 0.15) is 23.5 Å². The van der Waals surface area contributed by atoms with Crippen molar-refractivity contribution >= 4 is 37.2 Å². The Hall–Kier alpha value is -3.88. The molecule has 0 bridgehead atoms. The normalized spacial score (nSPS) is 21.8. The van der Waals surface area contributed by atoms with Gasteiger partial charge in [-0.05, 0) is 37.3 Å². The first kappa shape index (κ1) is 28.1. The van der Waals surface area contributed by atoms with Gasteiger partial charge in [-0.3, -0.25) is 14.2 Å². The molecule has 4 rings (SSSR count). The van der Waals surface area contributed by atoms with E-state index in [4.69, 9.17) is 18.6 Å². The quantitative estimate of drug-likeness (QED) is 0.129. The summed E-state index contributed by atoms with van der Waals surface area (Å²) >= 11 is 0. The zero-order chi connectivity index (χ0) is 28.2. The van der Waals surface area contributed by atoms with E-state index in [0.717, 1.165) is 0 Å². The number of hydrogen-bond donors (Lipinski definition) is 1. The van der Waals surface area contributed by atoms with E-state index in [1.807, 2.05) is 25.7 Å². The first-order chi connectivity index (χ1) is 18.6. The second-order valence-electron chi connectivity index (χ2n) is 9.98. The molecule has 3 heterocycles. The van der Waals surface area contributed by atoms with Gasteiger partial charge in [-0.1, -0.05) is 23.3 Å². The molecule has 1 saturated heterocycles. The lowest BCUT2D eigenvalue weighted by molar-refractivity contribution is -0.148. The summed E-state index contributed by atoms with van der Waals surface area (Å²) in [5, 5.41) is 6.80. The van der Waals surface area contributed by atoms with Gasteiger partial charge in [0.25, 0.3) is 5.91 Å². The molecule has 15 heteroatoms. The molecular weight excluding hydrogens is 524 g/mol. The maximum absolute atomic E-state index is 12.7. The number of hydrogen-bond acceptors (Lipinski definition) is 10. The largest absolute Gasteiger partial charge is 0.463 e. The topological polar surface area (TPSA) is 175 Å². The van der Waals surface area contributed by atoms with Crippen LogP contribution in [0.4, 0.5) is 5.82 Å². The number of nitrogens with zero attached hydrogens (tertiary/aromatic N) is 7. The molecule has 1 aliphatic rings. The van der Waals surface area contributed by atoms with Gasteiger partial charge >= 0.3 is 5.97 Å². The maximum Gasteiger partial charge on any atom is 0.302 e. The number of fused-ring (bicyclic) bond motifs is 1. The Morgan fingerprint density at radius 1 is 1.28 bits per heavy atom. The molecule has 4 atom stereocenters. The van der Waals surface area contributed by atoms with Crippen LogP contribution in [0.3, 0.4) is 0 Å². The second-order valence-corrected chi connectivity index (χ2v) is 14.4. The minimum absolute atomic E-state index is 0.00123. The number of carbonyl (C=O) groups is 2. The van der Waals surface area contributed by atoms with Crippen LogP contribution in [0.5, 0.6) is 0 Å². The van der Waals surface area contributed by atoms with Crippen molar-refractivity contribution < 1.29 is 28.2 Å². The Morgan fingerprint density at radius 2 is 2.03 bits per heavy atom. The standard InChI is InChI=1S/C24H30N8O6Si/c1-15(33)36-11-24(38-39(3,4)5)12-37-18(19(24)30-31-25)23(35-2)32-14-28-17-20(26-13-27-21(17)32)29-22(34)16-9-7-6-8-10-16/h6-10,13-14,18-19,23H,11-12H2,1-5H3,(H,26,27,29,34)/t18-,19+,23?,24+/m1/s1. The molecule has 1 aromatic carbocycles. The van der Waals surface area contributed by atoms with E-state index in [1.54, 1.807) is 28.8 Å². The van der Waals surface area contributed by atoms with Crippen molar-refractivity contribution in [2.45, 2.75) is 50.5 Å². The van der Waals surface area contributed by atoms with Crippen molar-refractivity contribution in [3.63, 3.8) is 0 Å². The van der Waals surface area contributed by atoms with Gasteiger partial charge in [0.15, 0.2) is 31.5 Å². The zero-order valence-electron chi connectivity index (χ0n) is 22.3. The average Bonchev–Trinajstić information content (AvgIpc) is 3.47. The van der Waals surface area contributed by atoms with Crippen molar-refractivity contribution in [2.24, 2.45) is 5.11 Å². The molecule has 0 saturated carbocycles. The predicted octanol–water partition coefficient (Wildman–Crippen LogP) is 3.45. The average molecular weight is 555 g/mol. The summed E-state index contributed by atoms with van der Waals surface area (Å²) in [6.45, 7) is 7.05. The number of esters is 1. The summed E-state index contributed by atoms with van der Waals surface area (Å²) in [5.41, 5.74) is 9.37. The molecule has 39 heavy (non-hydrogen) atoms. The number of imidazole rings is 1. The van der Waals surface area contributed by atoms with E-state index >= 15 is 0 Å². The summed E-state index contributed by atoms with van der Waals surface area (Å²) in [6, 6.07) is 7.79. The van der Waals surface area contributed by atoms with Crippen molar-refractivity contribution in [1.29, 1.82) is 0 Å². The third-order valence-electron chi connectivity index (χ3n) is 6.00. The van der Waals surface area contributed by atoms with Gasteiger partial charge in [0.1, 0.15) is 30.7 Å². The number of ether oxygens (including phenoxy) is 3. The van der Waals surface area contributed by atoms with Crippen molar-refractivity contribution in [3.05, 3.63) is 59.0 Å². The van der Waals surface area contributed by atoms with Crippen LogP contribution in [0.15, 0.2) is 48.1 Å². The number of nitrogens with one attached hydrogen (secondary N) is 1. The Bertz CT molecular complexity index is 1390. The molecule has 0 spiro atoms. The van der Waals surface area contributed by atoms with Crippen LogP contribution in [-0.2, 0) is 23.4 Å². The molecule has 2 aromatic heterocycles. The van der Waals surface area contributed by atoms with E-state index < -0.39 is 38.3 Å². The number of anilines is 1. The highest BCUT2D eigenvalue weighted by molar-refractivity contribution is 6.69. The molecular formula is C24H30N8O6Si. The lowest BCUT2D eigenvalue weighted by atomic mass is 9.94. The van der Waals surface area contributed by atoms with Gasteiger partial charge < -0.3 is 24.0 Å². The number of benzene rings is 1. The number of aromatic nitrogens is 4. The van der Waals surface area contributed by atoms with Gasteiger partial charge in [0.05, 0.1) is 12.9 Å². The summed E-state index contributed by atoms with van der Waals surface area (Å²) in [7, 11) is -0.779. The fourth-order valence-electron chi connectivity index (χ4n) is 4.56. The zero-order valence-corrected chi connectivity index (χ0v) is 23.3. The van der Waals surface area contributed by atoms with Crippen LogP contribution in [0, 0.1) is 0 Å². The van der Waals surface area contributed by atoms with E-state index in [2.05, 4.69) is 30.3 Å². The summed E-state index contributed by atoms with van der Waals surface area (Å²) < 4.78 is 25.4. The number of amides is 1. The lowest BCUT2D eigenvalue weighted by Crippen LogP contribution is -2.55. The van der Waals surface area contributed by atoms with Crippen molar-refractivity contribution in [1.82, 2.24) is 19.5 Å². The maximum atomic E-state index is 12.7. The summed E-state index contributed by atoms with van der Waals surface area (Å²) in [6.07, 6.45) is 1.05. The second kappa shape index (κ2) is 11.5. The van der Waals surface area contributed by atoms with Crippen molar-refractivity contribution in [2.75, 3.05) is 25.6 Å². The van der Waals surface area contributed by atoms with Gasteiger partial charge in [0.2, 0.25) is 0 Å². The molecule has 1 N–H and O–H groups in total. The van der Waals surface area contributed by atoms with Gasteiger partial charge in [-0.25, -0.2) is 15.0 Å². The first-order valence-corrected chi connectivity index (χ1v) is 15.6. The Morgan fingerprint density at radius 3 is 2.67 bits per heavy atom. The summed E-state index contributed by atoms with van der Waals surface area (Å²) in [5.74, 6) is -0.634. The Labute approximate surface area is 225 Å². The minimum Gasteiger partial charge on any atom is -0.463 e. The number of methoxy groups -OCH3 is 1. The third-order valence-corrected chi connectivity index (χ3v) is 7.02. The fraction of sp³-hybridized carbons (Fsp3) is 0.458. The Kier molecular flexibility index (Phi) is 8.27. The fourth-order valence-corrected chi connectivity index (χ4v) is 6.02. The van der Waals surface area contributed by atoms with Gasteiger partial charge in [-0.2, -0.15) is 0 Å². The lowest BCUT2D eigenvalue weighted by Gasteiger charge is -2.38. The van der Waals surface area contributed by atoms with Crippen LogP contribution in [-0.4, -0.2) is 77.8 Å². The Balaban J connectivity index is 1.70. The smallest absolute Gasteiger partial charge is 0.302 e. The van der Waals surface area contributed by atoms with E-state index in [-0.39, 0.29) is 24.9 Å². The number of azide groups is 1. The third kappa shape index (κ3) is 6.07. The molecule has 0 radical (unpaired) electrons. The molecule has 14 nitrogen and oxygen atoms in total.